The summed E-state index contributed by atoms with van der Waals surface area (Å²) in [6, 6.07) is 0.782. The molecule has 2 atom stereocenters. The molecule has 16 heavy (non-hydrogen) atoms. The zero-order chi connectivity index (χ0) is 11.4. The molecule has 0 amide bonds. The maximum atomic E-state index is 3.60. The zero-order valence-electron chi connectivity index (χ0n) is 10.8. The van der Waals surface area contributed by atoms with Crippen LogP contribution in [0, 0.1) is 5.41 Å². The molecule has 2 unspecified atom stereocenters. The summed E-state index contributed by atoms with van der Waals surface area (Å²) in [6.45, 7) is 9.85. The summed E-state index contributed by atoms with van der Waals surface area (Å²) in [4.78, 5) is 2.73. The van der Waals surface area contributed by atoms with Gasteiger partial charge in [-0.15, -0.1) is 0 Å². The van der Waals surface area contributed by atoms with Gasteiger partial charge in [0, 0.05) is 37.2 Å². The van der Waals surface area contributed by atoms with Gasteiger partial charge in [-0.2, -0.15) is 11.8 Å². The van der Waals surface area contributed by atoms with Crippen molar-refractivity contribution in [3.63, 3.8) is 0 Å². The Balaban J connectivity index is 1.93. The standard InChI is InChI=1S/C13H26N2S/c1-3-13(5-4-6-14-10-13)11-15-7-8-16-9-12(15)2/h12,14H,3-11H2,1-2H3. The summed E-state index contributed by atoms with van der Waals surface area (Å²) in [5, 5.41) is 3.60. The first-order chi connectivity index (χ1) is 7.76. The second-order valence-corrected chi connectivity index (χ2v) is 6.68. The minimum atomic E-state index is 0.564. The number of piperidine rings is 1. The van der Waals surface area contributed by atoms with Gasteiger partial charge in [-0.25, -0.2) is 0 Å². The summed E-state index contributed by atoms with van der Waals surface area (Å²) < 4.78 is 0. The number of rotatable bonds is 3. The zero-order valence-corrected chi connectivity index (χ0v) is 11.6. The van der Waals surface area contributed by atoms with Crippen LogP contribution in [0.5, 0.6) is 0 Å². The van der Waals surface area contributed by atoms with E-state index in [4.69, 9.17) is 0 Å². The molecule has 3 heteroatoms. The molecule has 0 aromatic rings. The highest BCUT2D eigenvalue weighted by molar-refractivity contribution is 7.99. The van der Waals surface area contributed by atoms with Gasteiger partial charge in [-0.1, -0.05) is 6.92 Å². The Morgan fingerprint density at radius 2 is 2.38 bits per heavy atom. The fourth-order valence-corrected chi connectivity index (χ4v) is 4.09. The first kappa shape index (κ1) is 12.7. The van der Waals surface area contributed by atoms with E-state index < -0.39 is 0 Å². The van der Waals surface area contributed by atoms with Crippen molar-refractivity contribution in [2.45, 2.75) is 39.2 Å². The third-order valence-corrected chi connectivity index (χ3v) is 5.54. The monoisotopic (exact) mass is 242 g/mol. The van der Waals surface area contributed by atoms with Gasteiger partial charge >= 0.3 is 0 Å². The number of hydrogen-bond donors (Lipinski definition) is 1. The maximum absolute atomic E-state index is 3.60. The van der Waals surface area contributed by atoms with Crippen molar-refractivity contribution in [2.24, 2.45) is 5.41 Å². The average molecular weight is 242 g/mol. The van der Waals surface area contributed by atoms with Crippen molar-refractivity contribution in [1.82, 2.24) is 10.2 Å². The lowest BCUT2D eigenvalue weighted by Gasteiger charge is -2.44. The van der Waals surface area contributed by atoms with E-state index >= 15 is 0 Å². The molecule has 0 aliphatic carbocycles. The summed E-state index contributed by atoms with van der Waals surface area (Å²) in [6.07, 6.45) is 4.12. The molecule has 1 N–H and O–H groups in total. The van der Waals surface area contributed by atoms with Crippen molar-refractivity contribution >= 4 is 11.8 Å². The van der Waals surface area contributed by atoms with E-state index in [1.807, 2.05) is 0 Å². The number of nitrogens with one attached hydrogen (secondary N) is 1. The highest BCUT2D eigenvalue weighted by Crippen LogP contribution is 2.32. The largest absolute Gasteiger partial charge is 0.316 e. The van der Waals surface area contributed by atoms with Gasteiger partial charge in [0.1, 0.15) is 0 Å². The van der Waals surface area contributed by atoms with Crippen molar-refractivity contribution in [1.29, 1.82) is 0 Å². The lowest BCUT2D eigenvalue weighted by molar-refractivity contribution is 0.0953. The SMILES string of the molecule is CCC1(CN2CCSCC2C)CCCNC1. The van der Waals surface area contributed by atoms with Crippen LogP contribution in [0.1, 0.15) is 33.1 Å². The van der Waals surface area contributed by atoms with E-state index in [-0.39, 0.29) is 0 Å². The van der Waals surface area contributed by atoms with Crippen LogP contribution >= 0.6 is 11.8 Å². The molecule has 2 aliphatic rings. The fraction of sp³-hybridized carbons (Fsp3) is 1.00. The Bertz CT molecular complexity index is 214. The van der Waals surface area contributed by atoms with Gasteiger partial charge < -0.3 is 5.32 Å². The Morgan fingerprint density at radius 1 is 1.50 bits per heavy atom. The fourth-order valence-electron chi connectivity index (χ4n) is 3.01. The highest BCUT2D eigenvalue weighted by atomic mass is 32.2. The minimum absolute atomic E-state index is 0.564. The van der Waals surface area contributed by atoms with E-state index in [1.54, 1.807) is 0 Å². The van der Waals surface area contributed by atoms with E-state index in [2.05, 4.69) is 35.8 Å². The molecule has 0 radical (unpaired) electrons. The molecular formula is C13H26N2S. The molecule has 2 saturated heterocycles. The van der Waals surface area contributed by atoms with E-state index in [0.717, 1.165) is 6.04 Å². The molecule has 0 spiro atoms. The highest BCUT2D eigenvalue weighted by Gasteiger charge is 2.34. The summed E-state index contributed by atoms with van der Waals surface area (Å²) in [7, 11) is 0. The van der Waals surface area contributed by atoms with Crippen LogP contribution in [-0.4, -0.2) is 48.6 Å². The van der Waals surface area contributed by atoms with Crippen molar-refractivity contribution in [3.05, 3.63) is 0 Å². The van der Waals surface area contributed by atoms with Crippen molar-refractivity contribution < 1.29 is 0 Å². The molecule has 0 aromatic carbocycles. The molecule has 0 saturated carbocycles. The van der Waals surface area contributed by atoms with Crippen molar-refractivity contribution in [2.75, 3.05) is 37.7 Å². The summed E-state index contributed by atoms with van der Waals surface area (Å²) in [5.41, 5.74) is 0.564. The quantitative estimate of drug-likeness (QED) is 0.817. The van der Waals surface area contributed by atoms with Crippen LogP contribution in [0.15, 0.2) is 0 Å². The predicted octanol–water partition coefficient (Wildman–Crippen LogP) is 2.20. The van der Waals surface area contributed by atoms with Crippen LogP contribution in [0.2, 0.25) is 0 Å². The first-order valence-corrected chi connectivity index (χ1v) is 7.94. The minimum Gasteiger partial charge on any atom is -0.316 e. The Labute approximate surface area is 105 Å². The maximum Gasteiger partial charge on any atom is 0.0158 e. The lowest BCUT2D eigenvalue weighted by atomic mass is 9.77. The van der Waals surface area contributed by atoms with Crippen LogP contribution in [0.25, 0.3) is 0 Å². The second-order valence-electron chi connectivity index (χ2n) is 5.53. The molecule has 2 heterocycles. The first-order valence-electron chi connectivity index (χ1n) is 6.78. The normalized spacial score (nSPS) is 37.5. The predicted molar refractivity (Wildman–Crippen MR) is 73.2 cm³/mol. The van der Waals surface area contributed by atoms with Crippen LogP contribution in [-0.2, 0) is 0 Å². The lowest BCUT2D eigenvalue weighted by Crippen LogP contribution is -2.51. The molecule has 2 rings (SSSR count). The summed E-state index contributed by atoms with van der Waals surface area (Å²) in [5.74, 6) is 2.66. The molecule has 0 bridgehead atoms. The third kappa shape index (κ3) is 2.93. The van der Waals surface area contributed by atoms with Crippen LogP contribution in [0.3, 0.4) is 0 Å². The molecule has 2 nitrogen and oxygen atoms in total. The Kier molecular flexibility index (Phi) is 4.57. The van der Waals surface area contributed by atoms with E-state index in [0.29, 0.717) is 5.41 Å². The van der Waals surface area contributed by atoms with Crippen LogP contribution < -0.4 is 5.32 Å². The molecule has 94 valence electrons. The Hall–Kier alpha value is 0.270. The van der Waals surface area contributed by atoms with Crippen LogP contribution in [0.4, 0.5) is 0 Å². The Morgan fingerprint density at radius 3 is 3.00 bits per heavy atom. The van der Waals surface area contributed by atoms with Gasteiger partial charge in [-0.3, -0.25) is 4.90 Å². The number of nitrogens with zero attached hydrogens (tertiary/aromatic N) is 1. The van der Waals surface area contributed by atoms with Gasteiger partial charge in [0.15, 0.2) is 0 Å². The van der Waals surface area contributed by atoms with Crippen molar-refractivity contribution in [3.8, 4) is 0 Å². The number of thioether (sulfide) groups is 1. The van der Waals surface area contributed by atoms with E-state index in [1.165, 1.54) is 56.9 Å². The third-order valence-electron chi connectivity index (χ3n) is 4.35. The topological polar surface area (TPSA) is 15.3 Å². The second kappa shape index (κ2) is 5.74. The number of hydrogen-bond acceptors (Lipinski definition) is 3. The van der Waals surface area contributed by atoms with Gasteiger partial charge in [0.25, 0.3) is 0 Å². The van der Waals surface area contributed by atoms with Gasteiger partial charge in [0.2, 0.25) is 0 Å². The molecule has 0 aromatic heterocycles. The molecular weight excluding hydrogens is 216 g/mol. The molecule has 2 aliphatic heterocycles. The smallest absolute Gasteiger partial charge is 0.0158 e. The summed E-state index contributed by atoms with van der Waals surface area (Å²) >= 11 is 2.12. The van der Waals surface area contributed by atoms with Gasteiger partial charge in [0.05, 0.1) is 0 Å². The molecule has 2 fully saturated rings. The average Bonchev–Trinajstić information content (AvgIpc) is 2.33. The van der Waals surface area contributed by atoms with E-state index in [9.17, 15) is 0 Å². The van der Waals surface area contributed by atoms with Gasteiger partial charge in [-0.05, 0) is 38.1 Å².